The number of nitrogens with zero attached hydrogens (tertiary/aromatic N) is 1. The Hall–Kier alpha value is -1.56. The Balaban J connectivity index is 3.02. The summed E-state index contributed by atoms with van der Waals surface area (Å²) in [4.78, 5) is 13.0. The highest BCUT2D eigenvalue weighted by molar-refractivity contribution is 7.91. The van der Waals surface area contributed by atoms with Crippen molar-refractivity contribution in [2.24, 2.45) is 0 Å². The molecule has 0 aliphatic carbocycles. The maximum absolute atomic E-state index is 11.7. The van der Waals surface area contributed by atoms with Gasteiger partial charge in [0.15, 0.2) is 9.84 Å². The Morgan fingerprint density at radius 3 is 2.16 bits per heavy atom. The molecule has 1 atom stereocenters. The summed E-state index contributed by atoms with van der Waals surface area (Å²) in [5, 5.41) is 9.09. The van der Waals surface area contributed by atoms with Gasteiger partial charge in [0, 0.05) is 12.7 Å². The summed E-state index contributed by atoms with van der Waals surface area (Å²) in [7, 11) is -1.53. The monoisotopic (exact) mass is 285 g/mol. The number of carbonyl (C=O) groups is 1. The van der Waals surface area contributed by atoms with Gasteiger partial charge in [0.2, 0.25) is 0 Å². The molecule has 0 saturated carbocycles. The molecule has 0 aromatic heterocycles. The third-order valence-corrected chi connectivity index (χ3v) is 4.87. The number of rotatable bonds is 6. The maximum Gasteiger partial charge on any atom is 0.326 e. The Morgan fingerprint density at radius 2 is 1.79 bits per heavy atom. The smallest absolute Gasteiger partial charge is 0.326 e. The lowest BCUT2D eigenvalue weighted by Crippen LogP contribution is -2.37. The summed E-state index contributed by atoms with van der Waals surface area (Å²) in [5.41, 5.74) is 0.685. The van der Waals surface area contributed by atoms with Crippen molar-refractivity contribution < 1.29 is 18.3 Å². The second-order valence-corrected chi connectivity index (χ2v) is 6.55. The Labute approximate surface area is 113 Å². The minimum atomic E-state index is -3.22. The van der Waals surface area contributed by atoms with Crippen LogP contribution in [0.4, 0.5) is 5.69 Å². The summed E-state index contributed by atoms with van der Waals surface area (Å²) in [6, 6.07) is 5.68. The summed E-state index contributed by atoms with van der Waals surface area (Å²) in [6.45, 7) is 3.39. The molecule has 0 aliphatic heterocycles. The molecular weight excluding hydrogens is 266 g/mol. The molecule has 19 heavy (non-hydrogen) atoms. The van der Waals surface area contributed by atoms with Crippen LogP contribution in [0.15, 0.2) is 29.2 Å². The first kappa shape index (κ1) is 15.5. The first-order valence-corrected chi connectivity index (χ1v) is 7.77. The van der Waals surface area contributed by atoms with E-state index >= 15 is 0 Å². The third-order valence-electron chi connectivity index (χ3n) is 3.12. The number of hydrogen-bond donors (Lipinski definition) is 1. The van der Waals surface area contributed by atoms with E-state index in [4.69, 9.17) is 5.11 Å². The molecule has 1 N–H and O–H groups in total. The number of carboxylic acid groups (broad SMARTS) is 1. The first-order valence-electron chi connectivity index (χ1n) is 6.12. The molecule has 0 fully saturated rings. The molecule has 106 valence electrons. The molecule has 0 radical (unpaired) electrons. The molecule has 1 aromatic carbocycles. The van der Waals surface area contributed by atoms with Gasteiger partial charge < -0.3 is 10.0 Å². The van der Waals surface area contributed by atoms with Gasteiger partial charge in [-0.3, -0.25) is 0 Å². The van der Waals surface area contributed by atoms with Gasteiger partial charge in [-0.15, -0.1) is 0 Å². The summed E-state index contributed by atoms with van der Waals surface area (Å²) >= 11 is 0. The summed E-state index contributed by atoms with van der Waals surface area (Å²) in [5.74, 6) is -0.843. The largest absolute Gasteiger partial charge is 0.480 e. The molecule has 5 nitrogen and oxygen atoms in total. The average Bonchev–Trinajstić information content (AvgIpc) is 2.39. The number of sulfone groups is 1. The van der Waals surface area contributed by atoms with Crippen LogP contribution in [0.1, 0.15) is 20.3 Å². The number of likely N-dealkylation sites (N-methyl/N-ethyl adjacent to an activating group) is 1. The summed E-state index contributed by atoms with van der Waals surface area (Å²) < 4.78 is 23.3. The normalized spacial score (nSPS) is 13.0. The van der Waals surface area contributed by atoms with Gasteiger partial charge in [-0.25, -0.2) is 13.2 Å². The Morgan fingerprint density at radius 1 is 1.26 bits per heavy atom. The van der Waals surface area contributed by atoms with Crippen molar-refractivity contribution >= 4 is 21.5 Å². The average molecular weight is 285 g/mol. The molecule has 1 aromatic rings. The van der Waals surface area contributed by atoms with E-state index in [-0.39, 0.29) is 10.6 Å². The zero-order valence-electron chi connectivity index (χ0n) is 11.3. The van der Waals surface area contributed by atoms with Crippen molar-refractivity contribution in [3.8, 4) is 0 Å². The van der Waals surface area contributed by atoms with E-state index in [9.17, 15) is 13.2 Å². The highest BCUT2D eigenvalue weighted by atomic mass is 32.2. The van der Waals surface area contributed by atoms with E-state index in [1.54, 1.807) is 37.9 Å². The molecule has 0 spiro atoms. The van der Waals surface area contributed by atoms with E-state index in [1.807, 2.05) is 0 Å². The minimum absolute atomic E-state index is 0.0505. The van der Waals surface area contributed by atoms with Gasteiger partial charge in [0.25, 0.3) is 0 Å². The van der Waals surface area contributed by atoms with Crippen LogP contribution >= 0.6 is 0 Å². The minimum Gasteiger partial charge on any atom is -0.480 e. The standard InChI is InChI=1S/C13H19NO4S/c1-4-12(13(15)16)14(3)10-6-8-11(9-7-10)19(17,18)5-2/h6-9,12H,4-5H2,1-3H3,(H,15,16). The van der Waals surface area contributed by atoms with E-state index in [2.05, 4.69) is 0 Å². The highest BCUT2D eigenvalue weighted by Crippen LogP contribution is 2.20. The van der Waals surface area contributed by atoms with Gasteiger partial charge in [0.05, 0.1) is 10.6 Å². The molecule has 0 saturated heterocycles. The molecule has 0 heterocycles. The summed E-state index contributed by atoms with van der Waals surface area (Å²) in [6.07, 6.45) is 0.473. The lowest BCUT2D eigenvalue weighted by atomic mass is 10.2. The molecule has 0 bridgehead atoms. The van der Waals surface area contributed by atoms with Crippen molar-refractivity contribution in [1.29, 1.82) is 0 Å². The van der Waals surface area contributed by atoms with Gasteiger partial charge in [-0.05, 0) is 30.7 Å². The maximum atomic E-state index is 11.7. The van der Waals surface area contributed by atoms with E-state index in [0.717, 1.165) is 0 Å². The van der Waals surface area contributed by atoms with Crippen LogP contribution in [0.2, 0.25) is 0 Å². The van der Waals surface area contributed by atoms with Crippen LogP contribution in [0.5, 0.6) is 0 Å². The van der Waals surface area contributed by atoms with Gasteiger partial charge in [-0.1, -0.05) is 13.8 Å². The van der Waals surface area contributed by atoms with Gasteiger partial charge >= 0.3 is 5.97 Å². The third kappa shape index (κ3) is 3.47. The fraction of sp³-hybridized carbons (Fsp3) is 0.462. The van der Waals surface area contributed by atoms with Crippen LogP contribution in [-0.2, 0) is 14.6 Å². The van der Waals surface area contributed by atoms with Crippen LogP contribution in [-0.4, -0.2) is 38.3 Å². The number of anilines is 1. The van der Waals surface area contributed by atoms with Gasteiger partial charge in [0.1, 0.15) is 6.04 Å². The predicted molar refractivity (Wildman–Crippen MR) is 74.3 cm³/mol. The van der Waals surface area contributed by atoms with E-state index in [0.29, 0.717) is 12.1 Å². The van der Waals surface area contributed by atoms with Crippen molar-refractivity contribution in [2.45, 2.75) is 31.2 Å². The zero-order valence-corrected chi connectivity index (χ0v) is 12.1. The molecule has 1 rings (SSSR count). The Bertz CT molecular complexity index is 536. The van der Waals surface area contributed by atoms with Crippen LogP contribution in [0, 0.1) is 0 Å². The SMILES string of the molecule is CCC(C(=O)O)N(C)c1ccc(S(=O)(=O)CC)cc1. The second-order valence-electron chi connectivity index (χ2n) is 4.27. The van der Waals surface area contributed by atoms with Crippen LogP contribution in [0.3, 0.4) is 0 Å². The number of hydrogen-bond acceptors (Lipinski definition) is 4. The first-order chi connectivity index (χ1) is 8.83. The molecule has 6 heteroatoms. The fourth-order valence-corrected chi connectivity index (χ4v) is 2.73. The van der Waals surface area contributed by atoms with Gasteiger partial charge in [-0.2, -0.15) is 0 Å². The van der Waals surface area contributed by atoms with E-state index in [1.165, 1.54) is 12.1 Å². The zero-order chi connectivity index (χ0) is 14.6. The molecule has 0 amide bonds. The topological polar surface area (TPSA) is 74.7 Å². The van der Waals surface area contributed by atoms with E-state index < -0.39 is 21.8 Å². The predicted octanol–water partition coefficient (Wildman–Crippen LogP) is 1.78. The quantitative estimate of drug-likeness (QED) is 0.862. The van der Waals surface area contributed by atoms with Crippen LogP contribution in [0.25, 0.3) is 0 Å². The molecule has 1 unspecified atom stereocenters. The van der Waals surface area contributed by atoms with Crippen molar-refractivity contribution in [3.63, 3.8) is 0 Å². The number of carboxylic acids is 1. The molecular formula is C13H19NO4S. The van der Waals surface area contributed by atoms with Crippen LogP contribution < -0.4 is 4.90 Å². The van der Waals surface area contributed by atoms with Crippen molar-refractivity contribution in [2.75, 3.05) is 17.7 Å². The highest BCUT2D eigenvalue weighted by Gasteiger charge is 2.21. The van der Waals surface area contributed by atoms with Crippen molar-refractivity contribution in [3.05, 3.63) is 24.3 Å². The number of benzene rings is 1. The second kappa shape index (κ2) is 6.06. The fourth-order valence-electron chi connectivity index (χ4n) is 1.85. The lowest BCUT2D eigenvalue weighted by molar-refractivity contribution is -0.138. The van der Waals surface area contributed by atoms with Crippen molar-refractivity contribution in [1.82, 2.24) is 0 Å². The number of aliphatic carboxylic acids is 1. The lowest BCUT2D eigenvalue weighted by Gasteiger charge is -2.25. The molecule has 0 aliphatic rings. The Kier molecular flexibility index (Phi) is 4.94.